The molecular formula is C11H16ClNO3. The van der Waals surface area contributed by atoms with E-state index in [1.165, 1.54) is 6.92 Å². The van der Waals surface area contributed by atoms with Gasteiger partial charge in [-0.15, -0.1) is 12.4 Å². The minimum absolute atomic E-state index is 0. The second-order valence-corrected chi connectivity index (χ2v) is 3.43. The van der Waals surface area contributed by atoms with Crippen molar-refractivity contribution in [3.63, 3.8) is 0 Å². The minimum atomic E-state index is -0.641. The summed E-state index contributed by atoms with van der Waals surface area (Å²) in [5.74, 6) is 0.0638. The van der Waals surface area contributed by atoms with Gasteiger partial charge < -0.3 is 15.6 Å². The van der Waals surface area contributed by atoms with Crippen LogP contribution in [0.1, 0.15) is 25.5 Å². The molecule has 0 unspecified atom stereocenters. The Morgan fingerprint density at radius 2 is 2.12 bits per heavy atom. The first kappa shape index (κ1) is 14.9. The third-order valence-corrected chi connectivity index (χ3v) is 2.02. The number of esters is 1. The Kier molecular flexibility index (Phi) is 6.03. The van der Waals surface area contributed by atoms with E-state index in [4.69, 9.17) is 10.5 Å². The Bertz CT molecular complexity index is 355. The Labute approximate surface area is 101 Å². The second-order valence-electron chi connectivity index (χ2n) is 3.43. The van der Waals surface area contributed by atoms with Crippen molar-refractivity contribution in [1.29, 1.82) is 0 Å². The molecule has 0 fully saturated rings. The summed E-state index contributed by atoms with van der Waals surface area (Å²) >= 11 is 0. The molecule has 0 bridgehead atoms. The zero-order chi connectivity index (χ0) is 11.4. The van der Waals surface area contributed by atoms with Gasteiger partial charge in [0.05, 0.1) is 12.1 Å². The van der Waals surface area contributed by atoms with Crippen molar-refractivity contribution in [2.75, 3.05) is 0 Å². The van der Waals surface area contributed by atoms with Gasteiger partial charge in [-0.2, -0.15) is 0 Å². The number of aliphatic hydroxyl groups is 1. The van der Waals surface area contributed by atoms with Crippen molar-refractivity contribution >= 4 is 18.4 Å². The Balaban J connectivity index is 0.00000225. The maximum absolute atomic E-state index is 10.7. The van der Waals surface area contributed by atoms with E-state index in [1.54, 1.807) is 31.2 Å². The molecular weight excluding hydrogens is 230 g/mol. The number of halogens is 1. The molecule has 1 rings (SSSR count). The summed E-state index contributed by atoms with van der Waals surface area (Å²) in [4.78, 5) is 10.7. The average molecular weight is 246 g/mol. The maximum atomic E-state index is 10.7. The van der Waals surface area contributed by atoms with Crippen molar-refractivity contribution in [3.8, 4) is 5.75 Å². The predicted octanol–water partition coefficient (Wildman–Crippen LogP) is 1.41. The highest BCUT2D eigenvalue weighted by Crippen LogP contribution is 2.20. The first-order valence-electron chi connectivity index (χ1n) is 4.72. The molecule has 0 aliphatic heterocycles. The van der Waals surface area contributed by atoms with Crippen LogP contribution in [0.25, 0.3) is 0 Å². The van der Waals surface area contributed by atoms with Gasteiger partial charge in [0.2, 0.25) is 0 Å². The minimum Gasteiger partial charge on any atom is -0.427 e. The number of ether oxygens (including phenoxy) is 1. The SMILES string of the molecule is CC(=O)Oc1cccc([C@@H](N)[C@H](C)O)c1.Cl. The molecule has 0 aliphatic carbocycles. The van der Waals surface area contributed by atoms with Gasteiger partial charge in [-0.25, -0.2) is 0 Å². The average Bonchev–Trinajstić information content (AvgIpc) is 2.16. The third kappa shape index (κ3) is 4.18. The topological polar surface area (TPSA) is 72.5 Å². The lowest BCUT2D eigenvalue weighted by Crippen LogP contribution is -2.23. The molecule has 1 aromatic rings. The third-order valence-electron chi connectivity index (χ3n) is 2.02. The summed E-state index contributed by atoms with van der Waals surface area (Å²) in [5.41, 5.74) is 6.49. The Morgan fingerprint density at radius 3 is 2.62 bits per heavy atom. The number of carbonyl (C=O) groups excluding carboxylic acids is 1. The number of rotatable bonds is 3. The van der Waals surface area contributed by atoms with Crippen LogP contribution in [0.4, 0.5) is 0 Å². The van der Waals surface area contributed by atoms with E-state index in [0.29, 0.717) is 5.75 Å². The number of benzene rings is 1. The predicted molar refractivity (Wildman–Crippen MR) is 63.6 cm³/mol. The molecule has 0 aromatic heterocycles. The maximum Gasteiger partial charge on any atom is 0.308 e. The van der Waals surface area contributed by atoms with Crippen LogP contribution in [-0.4, -0.2) is 17.2 Å². The van der Waals surface area contributed by atoms with Gasteiger partial charge in [-0.05, 0) is 24.6 Å². The van der Waals surface area contributed by atoms with Crippen LogP contribution in [0.5, 0.6) is 5.75 Å². The molecule has 0 radical (unpaired) electrons. The Morgan fingerprint density at radius 1 is 1.50 bits per heavy atom. The van der Waals surface area contributed by atoms with E-state index < -0.39 is 12.1 Å². The van der Waals surface area contributed by atoms with Crippen LogP contribution < -0.4 is 10.5 Å². The lowest BCUT2D eigenvalue weighted by Gasteiger charge is -2.15. The molecule has 5 heteroatoms. The lowest BCUT2D eigenvalue weighted by molar-refractivity contribution is -0.131. The number of nitrogens with two attached hydrogens (primary N) is 1. The van der Waals surface area contributed by atoms with Gasteiger partial charge in [0.1, 0.15) is 5.75 Å². The molecule has 90 valence electrons. The molecule has 1 aromatic carbocycles. The van der Waals surface area contributed by atoms with Gasteiger partial charge in [-0.1, -0.05) is 12.1 Å². The van der Waals surface area contributed by atoms with Crippen molar-refractivity contribution in [1.82, 2.24) is 0 Å². The molecule has 0 heterocycles. The van der Waals surface area contributed by atoms with Crippen LogP contribution in [0.3, 0.4) is 0 Å². The van der Waals surface area contributed by atoms with E-state index >= 15 is 0 Å². The van der Waals surface area contributed by atoms with Crippen molar-refractivity contribution < 1.29 is 14.6 Å². The van der Waals surface area contributed by atoms with Crippen molar-refractivity contribution in [3.05, 3.63) is 29.8 Å². The smallest absolute Gasteiger partial charge is 0.308 e. The molecule has 0 saturated heterocycles. The number of aliphatic hydroxyl groups excluding tert-OH is 1. The number of hydrogen-bond acceptors (Lipinski definition) is 4. The second kappa shape index (κ2) is 6.48. The number of carbonyl (C=O) groups is 1. The fourth-order valence-corrected chi connectivity index (χ4v) is 1.23. The molecule has 16 heavy (non-hydrogen) atoms. The summed E-state index contributed by atoms with van der Waals surface area (Å²) in [6, 6.07) is 6.36. The summed E-state index contributed by atoms with van der Waals surface area (Å²) in [5, 5.41) is 9.31. The monoisotopic (exact) mass is 245 g/mol. The zero-order valence-electron chi connectivity index (χ0n) is 9.21. The molecule has 0 aliphatic rings. The van der Waals surface area contributed by atoms with Gasteiger partial charge in [-0.3, -0.25) is 4.79 Å². The van der Waals surface area contributed by atoms with Crippen molar-refractivity contribution in [2.45, 2.75) is 26.0 Å². The first-order chi connectivity index (χ1) is 7.00. The fourth-order valence-electron chi connectivity index (χ4n) is 1.23. The highest BCUT2D eigenvalue weighted by Gasteiger charge is 2.12. The highest BCUT2D eigenvalue weighted by atomic mass is 35.5. The molecule has 0 spiro atoms. The van der Waals surface area contributed by atoms with Gasteiger partial charge >= 0.3 is 5.97 Å². The summed E-state index contributed by atoms with van der Waals surface area (Å²) in [6.45, 7) is 2.95. The van der Waals surface area contributed by atoms with E-state index in [1.807, 2.05) is 0 Å². The van der Waals surface area contributed by atoms with Crippen LogP contribution in [-0.2, 0) is 4.79 Å². The molecule has 0 saturated carbocycles. The van der Waals surface area contributed by atoms with Crippen LogP contribution in [0, 0.1) is 0 Å². The summed E-state index contributed by atoms with van der Waals surface area (Å²) in [6.07, 6.45) is -0.641. The largest absolute Gasteiger partial charge is 0.427 e. The van der Waals surface area contributed by atoms with Crippen molar-refractivity contribution in [2.24, 2.45) is 5.73 Å². The van der Waals surface area contributed by atoms with Crippen LogP contribution in [0.2, 0.25) is 0 Å². The van der Waals surface area contributed by atoms with Gasteiger partial charge in [0.15, 0.2) is 0 Å². The summed E-state index contributed by atoms with van der Waals surface area (Å²) < 4.78 is 4.91. The number of hydrogen-bond donors (Lipinski definition) is 2. The Hall–Kier alpha value is -1.10. The van der Waals surface area contributed by atoms with E-state index in [2.05, 4.69) is 0 Å². The van der Waals surface area contributed by atoms with Crippen LogP contribution >= 0.6 is 12.4 Å². The van der Waals surface area contributed by atoms with Gasteiger partial charge in [0, 0.05) is 6.92 Å². The molecule has 4 nitrogen and oxygen atoms in total. The fraction of sp³-hybridized carbons (Fsp3) is 0.364. The molecule has 2 atom stereocenters. The lowest BCUT2D eigenvalue weighted by atomic mass is 10.0. The normalized spacial score (nSPS) is 13.5. The molecule has 3 N–H and O–H groups in total. The summed E-state index contributed by atoms with van der Waals surface area (Å²) in [7, 11) is 0. The quantitative estimate of drug-likeness (QED) is 0.624. The zero-order valence-corrected chi connectivity index (χ0v) is 10.0. The highest BCUT2D eigenvalue weighted by molar-refractivity contribution is 5.85. The van der Waals surface area contributed by atoms with Gasteiger partial charge in [0.25, 0.3) is 0 Å². The van der Waals surface area contributed by atoms with E-state index in [-0.39, 0.29) is 18.4 Å². The standard InChI is InChI=1S/C11H15NO3.ClH/c1-7(13)11(12)9-4-3-5-10(6-9)15-8(2)14;/h3-7,11,13H,12H2,1-2H3;1H/t7-,11-;/m0./s1. The van der Waals surface area contributed by atoms with E-state index in [9.17, 15) is 9.90 Å². The molecule has 0 amide bonds. The van der Waals surface area contributed by atoms with Crippen LogP contribution in [0.15, 0.2) is 24.3 Å². The first-order valence-corrected chi connectivity index (χ1v) is 4.72. The van der Waals surface area contributed by atoms with E-state index in [0.717, 1.165) is 5.56 Å².